The van der Waals surface area contributed by atoms with Crippen molar-refractivity contribution in [1.82, 2.24) is 0 Å². The third-order valence-corrected chi connectivity index (χ3v) is 5.32. The maximum Gasteiger partial charge on any atom is 0.174 e. The Labute approximate surface area is 181 Å². The van der Waals surface area contributed by atoms with E-state index in [0.717, 1.165) is 18.9 Å². The summed E-state index contributed by atoms with van der Waals surface area (Å²) in [6.45, 7) is 6.17. The quantitative estimate of drug-likeness (QED) is 0.459. The summed E-state index contributed by atoms with van der Waals surface area (Å²) in [6, 6.07) is 5.23. The van der Waals surface area contributed by atoms with Crippen molar-refractivity contribution in [3.63, 3.8) is 0 Å². The average Bonchev–Trinajstić information content (AvgIpc) is 2.66. The van der Waals surface area contributed by atoms with E-state index in [2.05, 4.69) is 19.9 Å². The van der Waals surface area contributed by atoms with Gasteiger partial charge in [0.15, 0.2) is 5.78 Å². The van der Waals surface area contributed by atoms with E-state index in [-0.39, 0.29) is 46.5 Å². The molecule has 1 aliphatic rings. The van der Waals surface area contributed by atoms with E-state index in [1.54, 1.807) is 6.07 Å². The molecule has 4 N–H and O–H groups in total. The number of rotatable bonds is 6. The first-order valence-electron chi connectivity index (χ1n) is 10.2. The van der Waals surface area contributed by atoms with Crippen LogP contribution in [0.25, 0.3) is 0 Å². The lowest BCUT2D eigenvalue weighted by molar-refractivity contribution is 0.0842. The standard InChI is InChI=1S/C25H28O6/c1-14(2)5-4-6-15(3)7-8-16-9-18(20(28)12-19(16)27)23-13-22(30)25-21(29)10-17(26)11-24(25)31-23/h5,7,9-12,23,26-29H,4,6,8,13H2,1-3H3/b15-7+. The largest absolute Gasteiger partial charge is 0.508 e. The number of allylic oxidation sites excluding steroid dienone is 4. The maximum atomic E-state index is 12.6. The number of phenols is 4. The lowest BCUT2D eigenvalue weighted by Crippen LogP contribution is -2.20. The van der Waals surface area contributed by atoms with Crippen LogP contribution in [-0.4, -0.2) is 26.2 Å². The van der Waals surface area contributed by atoms with Crippen molar-refractivity contribution in [2.24, 2.45) is 0 Å². The molecule has 0 fully saturated rings. The van der Waals surface area contributed by atoms with Crippen LogP contribution >= 0.6 is 0 Å². The molecule has 1 aliphatic heterocycles. The smallest absolute Gasteiger partial charge is 0.174 e. The van der Waals surface area contributed by atoms with E-state index in [0.29, 0.717) is 17.5 Å². The Hall–Kier alpha value is -3.41. The molecule has 0 bridgehead atoms. The maximum absolute atomic E-state index is 12.6. The van der Waals surface area contributed by atoms with E-state index < -0.39 is 6.10 Å². The van der Waals surface area contributed by atoms with Crippen molar-refractivity contribution in [2.45, 2.75) is 52.6 Å². The Balaban J connectivity index is 1.84. The van der Waals surface area contributed by atoms with E-state index in [4.69, 9.17) is 4.74 Å². The highest BCUT2D eigenvalue weighted by atomic mass is 16.5. The second-order valence-corrected chi connectivity index (χ2v) is 8.19. The number of benzene rings is 2. The number of carbonyl (C=O) groups is 1. The summed E-state index contributed by atoms with van der Waals surface area (Å²) in [5, 5.41) is 40.3. The predicted molar refractivity (Wildman–Crippen MR) is 118 cm³/mol. The molecule has 6 heteroatoms. The third kappa shape index (κ3) is 5.20. The Bertz CT molecular complexity index is 1060. The van der Waals surface area contributed by atoms with Gasteiger partial charge >= 0.3 is 0 Å². The van der Waals surface area contributed by atoms with Crippen LogP contribution in [0.5, 0.6) is 28.7 Å². The van der Waals surface area contributed by atoms with Gasteiger partial charge in [0, 0.05) is 23.8 Å². The topological polar surface area (TPSA) is 107 Å². The van der Waals surface area contributed by atoms with E-state index in [1.807, 2.05) is 13.0 Å². The zero-order chi connectivity index (χ0) is 22.7. The third-order valence-electron chi connectivity index (χ3n) is 5.32. The molecule has 0 aromatic heterocycles. The van der Waals surface area contributed by atoms with Gasteiger partial charge in [0.05, 0.1) is 6.42 Å². The second-order valence-electron chi connectivity index (χ2n) is 8.19. The number of hydrogen-bond acceptors (Lipinski definition) is 6. The second kappa shape index (κ2) is 9.16. The number of aromatic hydroxyl groups is 4. The summed E-state index contributed by atoms with van der Waals surface area (Å²) < 4.78 is 5.82. The molecule has 0 amide bonds. The lowest BCUT2D eigenvalue weighted by atomic mass is 9.93. The van der Waals surface area contributed by atoms with Crippen LogP contribution in [0.1, 0.15) is 67.6 Å². The van der Waals surface area contributed by atoms with Crippen LogP contribution in [0.3, 0.4) is 0 Å². The molecule has 2 aromatic carbocycles. The summed E-state index contributed by atoms with van der Waals surface area (Å²) in [5.74, 6) is -1.09. The summed E-state index contributed by atoms with van der Waals surface area (Å²) in [4.78, 5) is 12.6. The van der Waals surface area contributed by atoms with Gasteiger partial charge in [0.25, 0.3) is 0 Å². The number of Topliss-reactive ketones (excluding diaryl/α,β-unsaturated/α-hetero) is 1. The number of hydrogen-bond donors (Lipinski definition) is 4. The highest BCUT2D eigenvalue weighted by Crippen LogP contribution is 2.44. The molecule has 31 heavy (non-hydrogen) atoms. The number of carbonyl (C=O) groups excluding carboxylic acids is 1. The van der Waals surface area contributed by atoms with E-state index in [1.165, 1.54) is 23.3 Å². The molecule has 0 radical (unpaired) electrons. The van der Waals surface area contributed by atoms with Crippen LogP contribution in [-0.2, 0) is 6.42 Å². The molecule has 164 valence electrons. The average molecular weight is 424 g/mol. The molecular formula is C25H28O6. The lowest BCUT2D eigenvalue weighted by Gasteiger charge is -2.27. The SMILES string of the molecule is CC(C)=CCC/C(C)=C/Cc1cc(C2CC(=O)c3c(O)cc(O)cc3O2)c(O)cc1O. The van der Waals surface area contributed by atoms with Crippen molar-refractivity contribution >= 4 is 5.78 Å². The van der Waals surface area contributed by atoms with Gasteiger partial charge in [-0.25, -0.2) is 0 Å². The zero-order valence-corrected chi connectivity index (χ0v) is 18.0. The molecule has 3 rings (SSSR count). The van der Waals surface area contributed by atoms with Gasteiger partial charge in [0.1, 0.15) is 40.4 Å². The highest BCUT2D eigenvalue weighted by Gasteiger charge is 2.32. The number of ketones is 1. The molecule has 0 saturated carbocycles. The number of phenolic OH excluding ortho intramolecular Hbond substituents is 4. The highest BCUT2D eigenvalue weighted by molar-refractivity contribution is 6.02. The first-order chi connectivity index (χ1) is 14.7. The fourth-order valence-electron chi connectivity index (χ4n) is 3.64. The van der Waals surface area contributed by atoms with Crippen molar-refractivity contribution in [1.29, 1.82) is 0 Å². The molecule has 1 unspecified atom stereocenters. The van der Waals surface area contributed by atoms with Crippen LogP contribution in [0.2, 0.25) is 0 Å². The van der Waals surface area contributed by atoms with Gasteiger partial charge < -0.3 is 25.2 Å². The van der Waals surface area contributed by atoms with Crippen LogP contribution < -0.4 is 4.74 Å². The minimum Gasteiger partial charge on any atom is -0.508 e. The Kier molecular flexibility index (Phi) is 6.59. The molecule has 2 aromatic rings. The van der Waals surface area contributed by atoms with Crippen LogP contribution in [0.4, 0.5) is 0 Å². The summed E-state index contributed by atoms with van der Waals surface area (Å²) in [6.07, 6.45) is 5.67. The van der Waals surface area contributed by atoms with Crippen LogP contribution in [0, 0.1) is 0 Å². The normalized spacial score (nSPS) is 15.9. The van der Waals surface area contributed by atoms with Crippen molar-refractivity contribution < 1.29 is 30.0 Å². The Morgan fingerprint density at radius 3 is 2.45 bits per heavy atom. The Morgan fingerprint density at radius 1 is 1.00 bits per heavy atom. The van der Waals surface area contributed by atoms with Gasteiger partial charge in [-0.1, -0.05) is 23.3 Å². The van der Waals surface area contributed by atoms with Crippen molar-refractivity contribution in [2.75, 3.05) is 0 Å². The number of ether oxygens (including phenoxy) is 1. The minimum absolute atomic E-state index is 0.0162. The van der Waals surface area contributed by atoms with Gasteiger partial charge in [-0.15, -0.1) is 0 Å². The van der Waals surface area contributed by atoms with Crippen LogP contribution in [0.15, 0.2) is 47.6 Å². The first-order valence-corrected chi connectivity index (χ1v) is 10.2. The van der Waals surface area contributed by atoms with Gasteiger partial charge in [0.2, 0.25) is 0 Å². The van der Waals surface area contributed by atoms with Crippen molar-refractivity contribution in [3.8, 4) is 28.7 Å². The first kappa shape index (κ1) is 22.3. The van der Waals surface area contributed by atoms with Gasteiger partial charge in [-0.3, -0.25) is 4.79 Å². The fourth-order valence-corrected chi connectivity index (χ4v) is 3.64. The molecule has 0 spiro atoms. The van der Waals surface area contributed by atoms with Gasteiger partial charge in [-0.2, -0.15) is 0 Å². The molecule has 1 heterocycles. The minimum atomic E-state index is -0.803. The number of fused-ring (bicyclic) bond motifs is 1. The zero-order valence-electron chi connectivity index (χ0n) is 18.0. The molecular weight excluding hydrogens is 396 g/mol. The summed E-state index contributed by atoms with van der Waals surface area (Å²) in [5.41, 5.74) is 3.46. The van der Waals surface area contributed by atoms with Gasteiger partial charge in [-0.05, 0) is 51.7 Å². The molecule has 6 nitrogen and oxygen atoms in total. The fraction of sp³-hybridized carbons (Fsp3) is 0.320. The summed E-state index contributed by atoms with van der Waals surface area (Å²) >= 11 is 0. The monoisotopic (exact) mass is 424 g/mol. The molecule has 0 saturated heterocycles. The summed E-state index contributed by atoms with van der Waals surface area (Å²) in [7, 11) is 0. The molecule has 0 aliphatic carbocycles. The Morgan fingerprint density at radius 2 is 1.74 bits per heavy atom. The predicted octanol–water partition coefficient (Wildman–Crippen LogP) is 5.45. The molecule has 1 atom stereocenters. The van der Waals surface area contributed by atoms with E-state index in [9.17, 15) is 25.2 Å². The van der Waals surface area contributed by atoms with Crippen molar-refractivity contribution in [3.05, 3.63) is 64.3 Å². The van der Waals surface area contributed by atoms with E-state index >= 15 is 0 Å².